The van der Waals surface area contributed by atoms with E-state index in [9.17, 15) is 14.4 Å². The molecule has 0 unspecified atom stereocenters. The lowest BCUT2D eigenvalue weighted by Crippen LogP contribution is -2.49. The molecule has 0 aliphatic carbocycles. The molecule has 1 saturated heterocycles. The van der Waals surface area contributed by atoms with E-state index in [1.807, 2.05) is 0 Å². The van der Waals surface area contributed by atoms with E-state index < -0.39 is 0 Å². The summed E-state index contributed by atoms with van der Waals surface area (Å²) in [5.41, 5.74) is 0. The molecule has 360 valence electrons. The van der Waals surface area contributed by atoms with Crippen molar-refractivity contribution in [2.75, 3.05) is 45.9 Å². The van der Waals surface area contributed by atoms with Crippen molar-refractivity contribution < 1.29 is 23.9 Å². The minimum atomic E-state index is -0.00966. The van der Waals surface area contributed by atoms with Gasteiger partial charge in [0.15, 0.2) is 0 Å². The standard InChI is InChI=1S/C53H103N3O5/c1-5-9-23-31-48(32-24-10-6-2)39-45-60-52(58)37-29-21-17-13-15-19-27-35-50(55-51(57)47-56-43-41-54-42-44-56)36-28-20-16-14-18-22-30-38-53(59)61-46-40-49(33-25-11-7-3)34-26-12-8-4/h48-50,54H,5-47H2,1-4H3,(H,55,57). The maximum absolute atomic E-state index is 13.0. The number of carbonyl (C=O) groups excluding carboxylic acids is 3. The van der Waals surface area contributed by atoms with Crippen molar-refractivity contribution in [2.24, 2.45) is 11.8 Å². The molecule has 0 atom stereocenters. The molecule has 2 N–H and O–H groups in total. The van der Waals surface area contributed by atoms with Crippen LogP contribution in [0.3, 0.4) is 0 Å². The van der Waals surface area contributed by atoms with Crippen molar-refractivity contribution >= 4 is 17.8 Å². The summed E-state index contributed by atoms with van der Waals surface area (Å²) in [5, 5.41) is 6.80. The number of ether oxygens (including phenoxy) is 2. The van der Waals surface area contributed by atoms with E-state index in [0.717, 1.165) is 90.4 Å². The van der Waals surface area contributed by atoms with Crippen molar-refractivity contribution in [3.8, 4) is 0 Å². The molecule has 1 aliphatic rings. The second-order valence-corrected chi connectivity index (χ2v) is 19.1. The van der Waals surface area contributed by atoms with Crippen LogP contribution >= 0.6 is 0 Å². The van der Waals surface area contributed by atoms with Crippen LogP contribution in [0.4, 0.5) is 0 Å². The Balaban J connectivity index is 2.22. The Bertz CT molecular complexity index is 909. The number of nitrogens with zero attached hydrogens (tertiary/aromatic N) is 1. The number of esters is 2. The van der Waals surface area contributed by atoms with Crippen LogP contribution in [-0.2, 0) is 23.9 Å². The maximum Gasteiger partial charge on any atom is 0.305 e. The fourth-order valence-corrected chi connectivity index (χ4v) is 9.14. The number of hydrogen-bond donors (Lipinski definition) is 2. The predicted octanol–water partition coefficient (Wildman–Crippen LogP) is 13.8. The summed E-state index contributed by atoms with van der Waals surface area (Å²) in [6.07, 6.45) is 41.9. The molecule has 1 aliphatic heterocycles. The van der Waals surface area contributed by atoms with Gasteiger partial charge >= 0.3 is 11.9 Å². The van der Waals surface area contributed by atoms with Gasteiger partial charge in [0.2, 0.25) is 5.91 Å². The van der Waals surface area contributed by atoms with E-state index in [1.54, 1.807) is 0 Å². The van der Waals surface area contributed by atoms with Gasteiger partial charge in [-0.2, -0.15) is 0 Å². The summed E-state index contributed by atoms with van der Waals surface area (Å²) in [5.74, 6) is 1.58. The number of nitrogens with one attached hydrogen (secondary N) is 2. The number of unbranched alkanes of at least 4 members (excludes halogenated alkanes) is 20. The van der Waals surface area contributed by atoms with Crippen LogP contribution in [-0.4, -0.2) is 74.7 Å². The maximum atomic E-state index is 13.0. The second kappa shape index (κ2) is 43.6. The largest absolute Gasteiger partial charge is 0.466 e. The highest BCUT2D eigenvalue weighted by Gasteiger charge is 2.17. The highest BCUT2D eigenvalue weighted by molar-refractivity contribution is 5.78. The molecule has 0 spiro atoms. The summed E-state index contributed by atoms with van der Waals surface area (Å²) >= 11 is 0. The van der Waals surface area contributed by atoms with Gasteiger partial charge in [-0.05, 0) is 50.4 Å². The molecule has 1 heterocycles. The smallest absolute Gasteiger partial charge is 0.305 e. The third-order valence-electron chi connectivity index (χ3n) is 13.3. The van der Waals surface area contributed by atoms with Gasteiger partial charge in [0.05, 0.1) is 19.8 Å². The van der Waals surface area contributed by atoms with Gasteiger partial charge in [-0.15, -0.1) is 0 Å². The Hall–Kier alpha value is -1.67. The first-order valence-electron chi connectivity index (χ1n) is 26.9. The second-order valence-electron chi connectivity index (χ2n) is 19.1. The Morgan fingerprint density at radius 2 is 0.803 bits per heavy atom. The van der Waals surface area contributed by atoms with Gasteiger partial charge in [-0.25, -0.2) is 0 Å². The average molecular weight is 862 g/mol. The highest BCUT2D eigenvalue weighted by Crippen LogP contribution is 2.23. The van der Waals surface area contributed by atoms with E-state index in [-0.39, 0.29) is 23.9 Å². The van der Waals surface area contributed by atoms with E-state index in [1.165, 1.54) is 154 Å². The molecule has 0 saturated carbocycles. The lowest BCUT2D eigenvalue weighted by molar-refractivity contribution is -0.145. The number of carbonyl (C=O) groups is 3. The van der Waals surface area contributed by atoms with Crippen LogP contribution in [0.15, 0.2) is 0 Å². The molecule has 1 rings (SSSR count). The van der Waals surface area contributed by atoms with Gasteiger partial charge < -0.3 is 20.1 Å². The van der Waals surface area contributed by atoms with E-state index in [4.69, 9.17) is 9.47 Å². The minimum Gasteiger partial charge on any atom is -0.466 e. The molecule has 0 aromatic heterocycles. The molecule has 0 aromatic carbocycles. The first-order valence-corrected chi connectivity index (χ1v) is 26.9. The predicted molar refractivity (Wildman–Crippen MR) is 259 cm³/mol. The van der Waals surface area contributed by atoms with E-state index in [2.05, 4.69) is 43.2 Å². The van der Waals surface area contributed by atoms with Gasteiger partial charge in [-0.3, -0.25) is 19.3 Å². The Morgan fingerprint density at radius 3 is 1.18 bits per heavy atom. The summed E-state index contributed by atoms with van der Waals surface area (Å²) in [6, 6.07) is 0.262. The SMILES string of the molecule is CCCCCC(CCCCC)CCOC(=O)CCCCCCCCCC(CCCCCCCCCC(=O)OCCC(CCCCC)CCCCC)NC(=O)CN1CCNCC1. The average Bonchev–Trinajstić information content (AvgIpc) is 3.25. The molecular weight excluding hydrogens is 759 g/mol. The Morgan fingerprint density at radius 1 is 0.459 bits per heavy atom. The Labute approximate surface area is 378 Å². The first-order chi connectivity index (χ1) is 29.9. The van der Waals surface area contributed by atoms with Crippen LogP contribution < -0.4 is 10.6 Å². The van der Waals surface area contributed by atoms with Gasteiger partial charge in [-0.1, -0.05) is 207 Å². The highest BCUT2D eigenvalue weighted by atomic mass is 16.5. The lowest BCUT2D eigenvalue weighted by Gasteiger charge is -2.27. The molecule has 8 heteroatoms. The summed E-state index contributed by atoms with van der Waals surface area (Å²) in [6.45, 7) is 14.6. The lowest BCUT2D eigenvalue weighted by atomic mass is 9.92. The normalized spacial score (nSPS) is 13.4. The summed E-state index contributed by atoms with van der Waals surface area (Å²) < 4.78 is 11.3. The van der Waals surface area contributed by atoms with Crippen LogP contribution in [0.5, 0.6) is 0 Å². The third-order valence-corrected chi connectivity index (χ3v) is 13.3. The van der Waals surface area contributed by atoms with Crippen LogP contribution in [0.2, 0.25) is 0 Å². The van der Waals surface area contributed by atoms with Crippen molar-refractivity contribution in [1.82, 2.24) is 15.5 Å². The van der Waals surface area contributed by atoms with Crippen LogP contribution in [0.25, 0.3) is 0 Å². The zero-order chi connectivity index (χ0) is 44.3. The van der Waals surface area contributed by atoms with Gasteiger partial charge in [0, 0.05) is 45.1 Å². The van der Waals surface area contributed by atoms with Gasteiger partial charge in [0.1, 0.15) is 0 Å². The quantitative estimate of drug-likeness (QED) is 0.0465. The third kappa shape index (κ3) is 37.4. The molecule has 0 radical (unpaired) electrons. The molecule has 0 bridgehead atoms. The summed E-state index contributed by atoms with van der Waals surface area (Å²) in [4.78, 5) is 40.0. The fourth-order valence-electron chi connectivity index (χ4n) is 9.14. The molecular formula is C53H103N3O5. The molecule has 1 amide bonds. The topological polar surface area (TPSA) is 97.0 Å². The minimum absolute atomic E-state index is 0.00966. The van der Waals surface area contributed by atoms with Crippen LogP contribution in [0.1, 0.15) is 259 Å². The van der Waals surface area contributed by atoms with Crippen molar-refractivity contribution in [3.63, 3.8) is 0 Å². The zero-order valence-corrected chi connectivity index (χ0v) is 41.1. The molecule has 8 nitrogen and oxygen atoms in total. The molecule has 0 aromatic rings. The summed E-state index contributed by atoms with van der Waals surface area (Å²) in [7, 11) is 0. The number of amides is 1. The van der Waals surface area contributed by atoms with E-state index in [0.29, 0.717) is 44.4 Å². The monoisotopic (exact) mass is 862 g/mol. The molecule has 61 heavy (non-hydrogen) atoms. The van der Waals surface area contributed by atoms with Crippen LogP contribution in [0, 0.1) is 11.8 Å². The van der Waals surface area contributed by atoms with Crippen molar-refractivity contribution in [3.05, 3.63) is 0 Å². The first kappa shape index (κ1) is 57.3. The number of piperazine rings is 1. The van der Waals surface area contributed by atoms with Gasteiger partial charge in [0.25, 0.3) is 0 Å². The fraction of sp³-hybridized carbons (Fsp3) is 0.943. The van der Waals surface area contributed by atoms with Crippen molar-refractivity contribution in [2.45, 2.75) is 265 Å². The number of hydrogen-bond acceptors (Lipinski definition) is 7. The Kier molecular flexibility index (Phi) is 41.0. The zero-order valence-electron chi connectivity index (χ0n) is 41.1. The van der Waals surface area contributed by atoms with E-state index >= 15 is 0 Å². The molecule has 1 fully saturated rings. The van der Waals surface area contributed by atoms with Crippen molar-refractivity contribution in [1.29, 1.82) is 0 Å². The number of rotatable bonds is 45.